The monoisotopic (exact) mass is 282 g/mol. The molecule has 2 atom stereocenters. The minimum Gasteiger partial charge on any atom is -0.444 e. The van der Waals surface area contributed by atoms with Crippen LogP contribution >= 0.6 is 0 Å². The molecule has 2 unspecified atom stereocenters. The Morgan fingerprint density at radius 1 is 1.25 bits per heavy atom. The fourth-order valence-corrected chi connectivity index (χ4v) is 2.99. The first-order valence-electron chi connectivity index (χ1n) is 8.09. The predicted octanol–water partition coefficient (Wildman–Crippen LogP) is 3.16. The molecule has 4 heteroatoms. The van der Waals surface area contributed by atoms with Gasteiger partial charge >= 0.3 is 6.09 Å². The molecule has 1 amide bonds. The van der Waals surface area contributed by atoms with E-state index in [0.717, 1.165) is 19.5 Å². The number of rotatable bonds is 3. The first-order chi connectivity index (χ1) is 9.35. The molecule has 0 radical (unpaired) electrons. The molecule has 1 heterocycles. The van der Waals surface area contributed by atoms with Crippen LogP contribution < -0.4 is 5.32 Å². The largest absolute Gasteiger partial charge is 0.444 e. The van der Waals surface area contributed by atoms with E-state index in [1.54, 1.807) is 0 Å². The van der Waals surface area contributed by atoms with Crippen molar-refractivity contribution < 1.29 is 9.53 Å². The molecule has 0 aromatic heterocycles. The molecule has 0 bridgehead atoms. The van der Waals surface area contributed by atoms with Crippen LogP contribution in [0.15, 0.2) is 0 Å². The van der Waals surface area contributed by atoms with E-state index in [4.69, 9.17) is 4.74 Å². The van der Waals surface area contributed by atoms with Gasteiger partial charge in [0.05, 0.1) is 0 Å². The number of carbonyl (C=O) groups is 1. The summed E-state index contributed by atoms with van der Waals surface area (Å²) >= 11 is 0. The standard InChI is InChI=1S/C16H30N2O2/c1-12(17-14-8-5-9-14)13-7-6-10-18(11-13)15(19)20-16(2,3)4/h12-14,17H,5-11H2,1-4H3. The van der Waals surface area contributed by atoms with E-state index in [1.807, 2.05) is 25.7 Å². The van der Waals surface area contributed by atoms with Gasteiger partial charge < -0.3 is 15.0 Å². The Morgan fingerprint density at radius 3 is 2.50 bits per heavy atom. The molecule has 20 heavy (non-hydrogen) atoms. The molecule has 1 saturated carbocycles. The van der Waals surface area contributed by atoms with Gasteiger partial charge in [-0.05, 0) is 59.3 Å². The van der Waals surface area contributed by atoms with Crippen LogP contribution in [0.3, 0.4) is 0 Å². The lowest BCUT2D eigenvalue weighted by molar-refractivity contribution is 0.0143. The molecule has 2 rings (SSSR count). The van der Waals surface area contributed by atoms with Crippen LogP contribution in [0, 0.1) is 5.92 Å². The van der Waals surface area contributed by atoms with Crippen LogP contribution in [0.25, 0.3) is 0 Å². The van der Waals surface area contributed by atoms with Crippen LogP contribution in [0.1, 0.15) is 59.8 Å². The third kappa shape index (κ3) is 4.37. The summed E-state index contributed by atoms with van der Waals surface area (Å²) < 4.78 is 5.49. The van der Waals surface area contributed by atoms with Crippen LogP contribution in [-0.2, 0) is 4.74 Å². The van der Waals surface area contributed by atoms with Gasteiger partial charge in [0, 0.05) is 25.2 Å². The molecule has 0 aromatic rings. The molecule has 1 aliphatic carbocycles. The molecular weight excluding hydrogens is 252 g/mol. The third-order valence-corrected chi connectivity index (χ3v) is 4.42. The Labute approximate surface area is 123 Å². The summed E-state index contributed by atoms with van der Waals surface area (Å²) in [6, 6.07) is 1.20. The Balaban J connectivity index is 1.82. The highest BCUT2D eigenvalue weighted by molar-refractivity contribution is 5.68. The van der Waals surface area contributed by atoms with Crippen LogP contribution in [0.5, 0.6) is 0 Å². The number of ether oxygens (including phenoxy) is 1. The summed E-state index contributed by atoms with van der Waals surface area (Å²) in [5, 5.41) is 3.71. The van der Waals surface area contributed by atoms with Crippen LogP contribution in [0.4, 0.5) is 4.79 Å². The smallest absolute Gasteiger partial charge is 0.410 e. The molecule has 2 aliphatic rings. The van der Waals surface area contributed by atoms with Gasteiger partial charge in [0.2, 0.25) is 0 Å². The molecule has 0 spiro atoms. The minimum absolute atomic E-state index is 0.155. The SMILES string of the molecule is CC(NC1CCC1)C1CCCN(C(=O)OC(C)(C)C)C1. The minimum atomic E-state index is -0.403. The van der Waals surface area contributed by atoms with E-state index in [2.05, 4.69) is 12.2 Å². The normalized spacial score (nSPS) is 26.0. The summed E-state index contributed by atoms with van der Waals surface area (Å²) in [6.07, 6.45) is 6.12. The van der Waals surface area contributed by atoms with E-state index in [1.165, 1.54) is 25.7 Å². The highest BCUT2D eigenvalue weighted by Crippen LogP contribution is 2.25. The number of carbonyl (C=O) groups excluding carboxylic acids is 1. The van der Waals surface area contributed by atoms with E-state index in [-0.39, 0.29) is 6.09 Å². The van der Waals surface area contributed by atoms with E-state index >= 15 is 0 Å². The Kier molecular flexibility index (Phi) is 4.95. The van der Waals surface area contributed by atoms with Crippen molar-refractivity contribution in [1.82, 2.24) is 10.2 Å². The summed E-state index contributed by atoms with van der Waals surface area (Å²) in [4.78, 5) is 14.0. The lowest BCUT2D eigenvalue weighted by Crippen LogP contribution is -2.51. The van der Waals surface area contributed by atoms with Gasteiger partial charge in [-0.25, -0.2) is 4.79 Å². The second-order valence-electron chi connectivity index (χ2n) is 7.41. The molecule has 0 aromatic carbocycles. The van der Waals surface area contributed by atoms with Crippen LogP contribution in [-0.4, -0.2) is 41.8 Å². The number of likely N-dealkylation sites (tertiary alicyclic amines) is 1. The highest BCUT2D eigenvalue weighted by atomic mass is 16.6. The van der Waals surface area contributed by atoms with Gasteiger partial charge in [0.1, 0.15) is 5.60 Å². The fourth-order valence-electron chi connectivity index (χ4n) is 2.99. The maximum atomic E-state index is 12.2. The number of hydrogen-bond donors (Lipinski definition) is 1. The summed E-state index contributed by atoms with van der Waals surface area (Å²) in [5.41, 5.74) is -0.403. The van der Waals surface area contributed by atoms with E-state index in [9.17, 15) is 4.79 Å². The predicted molar refractivity (Wildman–Crippen MR) is 80.8 cm³/mol. The van der Waals surface area contributed by atoms with Crippen molar-refractivity contribution in [1.29, 1.82) is 0 Å². The molecule has 1 aliphatic heterocycles. The zero-order valence-electron chi connectivity index (χ0n) is 13.4. The van der Waals surface area contributed by atoms with Crippen molar-refractivity contribution in [3.05, 3.63) is 0 Å². The van der Waals surface area contributed by atoms with Gasteiger partial charge in [-0.1, -0.05) is 6.42 Å². The van der Waals surface area contributed by atoms with Crippen molar-refractivity contribution in [2.75, 3.05) is 13.1 Å². The number of nitrogens with zero attached hydrogens (tertiary/aromatic N) is 1. The topological polar surface area (TPSA) is 41.6 Å². The van der Waals surface area contributed by atoms with Gasteiger partial charge in [-0.3, -0.25) is 0 Å². The Bertz CT molecular complexity index is 334. The first kappa shape index (κ1) is 15.6. The highest BCUT2D eigenvalue weighted by Gasteiger charge is 2.31. The Hall–Kier alpha value is -0.770. The number of piperidine rings is 1. The average Bonchev–Trinajstić information content (AvgIpc) is 2.31. The summed E-state index contributed by atoms with van der Waals surface area (Å²) in [7, 11) is 0. The number of hydrogen-bond acceptors (Lipinski definition) is 3. The molecule has 4 nitrogen and oxygen atoms in total. The maximum absolute atomic E-state index is 12.2. The van der Waals surface area contributed by atoms with Gasteiger partial charge in [0.15, 0.2) is 0 Å². The second kappa shape index (κ2) is 6.33. The quantitative estimate of drug-likeness (QED) is 0.864. The molecule has 2 fully saturated rings. The van der Waals surface area contributed by atoms with E-state index < -0.39 is 5.60 Å². The van der Waals surface area contributed by atoms with Crippen LogP contribution in [0.2, 0.25) is 0 Å². The molecule has 1 saturated heterocycles. The summed E-state index contributed by atoms with van der Waals surface area (Å²) in [5.74, 6) is 0.553. The zero-order chi connectivity index (χ0) is 14.8. The third-order valence-electron chi connectivity index (χ3n) is 4.42. The van der Waals surface area contributed by atoms with Gasteiger partial charge in [-0.2, -0.15) is 0 Å². The first-order valence-corrected chi connectivity index (χ1v) is 8.09. The number of nitrogens with one attached hydrogen (secondary N) is 1. The Morgan fingerprint density at radius 2 is 1.95 bits per heavy atom. The van der Waals surface area contributed by atoms with Crippen molar-refractivity contribution >= 4 is 6.09 Å². The lowest BCUT2D eigenvalue weighted by Gasteiger charge is -2.39. The van der Waals surface area contributed by atoms with Crippen molar-refractivity contribution in [2.24, 2.45) is 5.92 Å². The van der Waals surface area contributed by atoms with Crippen molar-refractivity contribution in [3.63, 3.8) is 0 Å². The maximum Gasteiger partial charge on any atom is 0.410 e. The number of amides is 1. The summed E-state index contributed by atoms with van der Waals surface area (Å²) in [6.45, 7) is 9.70. The van der Waals surface area contributed by atoms with Gasteiger partial charge in [-0.15, -0.1) is 0 Å². The van der Waals surface area contributed by atoms with Gasteiger partial charge in [0.25, 0.3) is 0 Å². The second-order valence-corrected chi connectivity index (χ2v) is 7.41. The average molecular weight is 282 g/mol. The van der Waals surface area contributed by atoms with E-state index in [0.29, 0.717) is 18.0 Å². The molecular formula is C16H30N2O2. The molecule has 116 valence electrons. The molecule has 1 N–H and O–H groups in total. The van der Waals surface area contributed by atoms with Crippen molar-refractivity contribution in [3.8, 4) is 0 Å². The lowest BCUT2D eigenvalue weighted by atomic mass is 9.87. The fraction of sp³-hybridized carbons (Fsp3) is 0.938. The zero-order valence-corrected chi connectivity index (χ0v) is 13.4. The van der Waals surface area contributed by atoms with Crippen molar-refractivity contribution in [2.45, 2.75) is 77.5 Å².